The molecule has 2 rings (SSSR count). The third-order valence-electron chi connectivity index (χ3n) is 2.29. The normalized spacial score (nSPS) is 10.8. The molecule has 3 N–H and O–H groups in total. The van der Waals surface area contributed by atoms with Crippen LogP contribution in [-0.2, 0) is 6.54 Å². The molecule has 1 aromatic carbocycles. The Morgan fingerprint density at radius 3 is 2.94 bits per heavy atom. The van der Waals surface area contributed by atoms with Crippen molar-refractivity contribution in [1.29, 1.82) is 0 Å². The molecular formula is C11H11F2N3O. The predicted molar refractivity (Wildman–Crippen MR) is 58.5 cm³/mol. The molecule has 0 saturated heterocycles. The van der Waals surface area contributed by atoms with Crippen LogP contribution in [0.2, 0.25) is 0 Å². The van der Waals surface area contributed by atoms with Gasteiger partial charge in [-0.3, -0.25) is 5.10 Å². The summed E-state index contributed by atoms with van der Waals surface area (Å²) in [5, 5.41) is 6.65. The van der Waals surface area contributed by atoms with Gasteiger partial charge in [-0.25, -0.2) is 0 Å². The van der Waals surface area contributed by atoms with Crippen LogP contribution in [0.5, 0.6) is 5.75 Å². The molecule has 0 atom stereocenters. The zero-order valence-electron chi connectivity index (χ0n) is 8.86. The van der Waals surface area contributed by atoms with E-state index in [4.69, 9.17) is 5.73 Å². The molecule has 0 fully saturated rings. The third kappa shape index (κ3) is 2.59. The van der Waals surface area contributed by atoms with Gasteiger partial charge in [-0.2, -0.15) is 13.9 Å². The van der Waals surface area contributed by atoms with Crippen LogP contribution in [0, 0.1) is 0 Å². The molecule has 4 nitrogen and oxygen atoms in total. The number of hydrogen-bond acceptors (Lipinski definition) is 3. The molecule has 1 heterocycles. The minimum Gasteiger partial charge on any atom is -0.435 e. The fourth-order valence-corrected chi connectivity index (χ4v) is 1.54. The number of aromatic nitrogens is 2. The molecule has 0 aliphatic rings. The second-order valence-corrected chi connectivity index (χ2v) is 3.38. The minimum absolute atomic E-state index is 0.107. The maximum absolute atomic E-state index is 12.1. The van der Waals surface area contributed by atoms with Gasteiger partial charge in [0.15, 0.2) is 0 Å². The average molecular weight is 239 g/mol. The van der Waals surface area contributed by atoms with Crippen molar-refractivity contribution in [3.8, 4) is 17.0 Å². The molecule has 0 aliphatic carbocycles. The Hall–Kier alpha value is -1.95. The van der Waals surface area contributed by atoms with Crippen molar-refractivity contribution in [2.24, 2.45) is 5.73 Å². The molecule has 1 aromatic heterocycles. The summed E-state index contributed by atoms with van der Waals surface area (Å²) in [6.07, 6.45) is 1.61. The van der Waals surface area contributed by atoms with Crippen molar-refractivity contribution in [1.82, 2.24) is 10.2 Å². The Morgan fingerprint density at radius 1 is 1.41 bits per heavy atom. The summed E-state index contributed by atoms with van der Waals surface area (Å²) in [6.45, 7) is -2.51. The van der Waals surface area contributed by atoms with E-state index in [0.717, 1.165) is 5.56 Å². The Morgan fingerprint density at radius 2 is 2.24 bits per heavy atom. The van der Waals surface area contributed by atoms with Crippen molar-refractivity contribution in [2.75, 3.05) is 0 Å². The first-order valence-corrected chi connectivity index (χ1v) is 4.98. The quantitative estimate of drug-likeness (QED) is 0.859. The lowest BCUT2D eigenvalue weighted by Gasteiger charge is -2.06. The van der Waals surface area contributed by atoms with Crippen LogP contribution in [-0.4, -0.2) is 16.8 Å². The van der Waals surface area contributed by atoms with Crippen LogP contribution in [0.1, 0.15) is 5.56 Å². The highest BCUT2D eigenvalue weighted by atomic mass is 19.3. The maximum atomic E-state index is 12.1. The fourth-order valence-electron chi connectivity index (χ4n) is 1.54. The van der Waals surface area contributed by atoms with E-state index < -0.39 is 6.61 Å². The molecule has 0 unspecified atom stereocenters. The summed E-state index contributed by atoms with van der Waals surface area (Å²) in [5.74, 6) is 0.107. The number of benzene rings is 1. The van der Waals surface area contributed by atoms with E-state index in [0.29, 0.717) is 17.8 Å². The van der Waals surface area contributed by atoms with Gasteiger partial charge in [0, 0.05) is 17.7 Å². The largest absolute Gasteiger partial charge is 0.435 e. The van der Waals surface area contributed by atoms with E-state index in [1.165, 1.54) is 12.1 Å². The summed E-state index contributed by atoms with van der Waals surface area (Å²) in [5.41, 5.74) is 7.78. The van der Waals surface area contributed by atoms with Crippen LogP contribution in [0.4, 0.5) is 8.78 Å². The molecule has 0 radical (unpaired) electrons. The molecule has 6 heteroatoms. The van der Waals surface area contributed by atoms with E-state index in [2.05, 4.69) is 14.9 Å². The molecule has 0 aliphatic heterocycles. The zero-order chi connectivity index (χ0) is 12.3. The van der Waals surface area contributed by atoms with Gasteiger partial charge in [-0.1, -0.05) is 12.1 Å². The van der Waals surface area contributed by atoms with Crippen molar-refractivity contribution >= 4 is 0 Å². The number of aromatic amines is 1. The number of nitrogens with zero attached hydrogens (tertiary/aromatic N) is 1. The van der Waals surface area contributed by atoms with E-state index in [1.54, 1.807) is 18.3 Å². The minimum atomic E-state index is -2.83. The van der Waals surface area contributed by atoms with Crippen LogP contribution in [0.3, 0.4) is 0 Å². The van der Waals surface area contributed by atoms with E-state index in [1.807, 2.05) is 0 Å². The van der Waals surface area contributed by atoms with Crippen molar-refractivity contribution in [2.45, 2.75) is 13.2 Å². The van der Waals surface area contributed by atoms with Crippen molar-refractivity contribution in [3.05, 3.63) is 36.0 Å². The van der Waals surface area contributed by atoms with Gasteiger partial charge in [0.1, 0.15) is 5.75 Å². The van der Waals surface area contributed by atoms with Gasteiger partial charge in [0.05, 0.1) is 11.9 Å². The average Bonchev–Trinajstić information content (AvgIpc) is 2.76. The highest BCUT2D eigenvalue weighted by Crippen LogP contribution is 2.25. The topological polar surface area (TPSA) is 63.9 Å². The molecule has 0 bridgehead atoms. The smallest absolute Gasteiger partial charge is 0.387 e. The Balaban J connectivity index is 2.33. The first kappa shape index (κ1) is 11.5. The highest BCUT2D eigenvalue weighted by molar-refractivity contribution is 5.64. The Labute approximate surface area is 96.4 Å². The van der Waals surface area contributed by atoms with E-state index >= 15 is 0 Å². The lowest BCUT2D eigenvalue weighted by molar-refractivity contribution is -0.0498. The number of nitrogens with two attached hydrogens (primary N) is 1. The monoisotopic (exact) mass is 239 g/mol. The van der Waals surface area contributed by atoms with Crippen LogP contribution in [0.25, 0.3) is 11.3 Å². The molecule has 0 spiro atoms. The summed E-state index contributed by atoms with van der Waals surface area (Å²) in [7, 11) is 0. The summed E-state index contributed by atoms with van der Waals surface area (Å²) >= 11 is 0. The number of nitrogens with one attached hydrogen (secondary N) is 1. The van der Waals surface area contributed by atoms with Crippen LogP contribution in [0.15, 0.2) is 30.5 Å². The van der Waals surface area contributed by atoms with E-state index in [9.17, 15) is 8.78 Å². The summed E-state index contributed by atoms with van der Waals surface area (Å²) < 4.78 is 28.5. The first-order valence-electron chi connectivity index (χ1n) is 4.98. The van der Waals surface area contributed by atoms with Crippen molar-refractivity contribution in [3.63, 3.8) is 0 Å². The molecule has 2 aromatic rings. The number of ether oxygens (including phenoxy) is 1. The van der Waals surface area contributed by atoms with Crippen LogP contribution < -0.4 is 10.5 Å². The molecular weight excluding hydrogens is 228 g/mol. The first-order chi connectivity index (χ1) is 8.20. The number of rotatable bonds is 4. The van der Waals surface area contributed by atoms with Gasteiger partial charge in [0.2, 0.25) is 0 Å². The zero-order valence-corrected chi connectivity index (χ0v) is 8.86. The maximum Gasteiger partial charge on any atom is 0.387 e. The molecule has 0 saturated carbocycles. The molecule has 17 heavy (non-hydrogen) atoms. The second-order valence-electron chi connectivity index (χ2n) is 3.38. The van der Waals surface area contributed by atoms with Gasteiger partial charge < -0.3 is 10.5 Å². The van der Waals surface area contributed by atoms with Gasteiger partial charge in [-0.05, 0) is 12.1 Å². The second kappa shape index (κ2) is 4.92. The Bertz CT molecular complexity index is 499. The van der Waals surface area contributed by atoms with Gasteiger partial charge in [-0.15, -0.1) is 0 Å². The highest BCUT2D eigenvalue weighted by Gasteiger charge is 2.09. The lowest BCUT2D eigenvalue weighted by atomic mass is 10.1. The molecule has 0 amide bonds. The summed E-state index contributed by atoms with van der Waals surface area (Å²) in [4.78, 5) is 0. The lowest BCUT2D eigenvalue weighted by Crippen LogP contribution is -2.02. The standard InChI is InChI=1S/C11H11F2N3O/c12-11(13)17-9-3-1-2-7(4-9)10-8(5-14)6-15-16-10/h1-4,6,11H,5,14H2,(H,15,16). The predicted octanol–water partition coefficient (Wildman–Crippen LogP) is 2.14. The number of H-pyrrole nitrogens is 1. The fraction of sp³-hybridized carbons (Fsp3) is 0.182. The third-order valence-corrected chi connectivity index (χ3v) is 2.29. The number of halogens is 2. The van der Waals surface area contributed by atoms with Crippen LogP contribution >= 0.6 is 0 Å². The number of alkyl halides is 2. The van der Waals surface area contributed by atoms with Gasteiger partial charge >= 0.3 is 6.61 Å². The number of hydrogen-bond donors (Lipinski definition) is 2. The summed E-state index contributed by atoms with van der Waals surface area (Å²) in [6, 6.07) is 6.38. The molecule has 90 valence electrons. The van der Waals surface area contributed by atoms with E-state index in [-0.39, 0.29) is 5.75 Å². The van der Waals surface area contributed by atoms with Gasteiger partial charge in [0.25, 0.3) is 0 Å². The van der Waals surface area contributed by atoms with Crippen molar-refractivity contribution < 1.29 is 13.5 Å². The SMILES string of the molecule is NCc1cn[nH]c1-c1cccc(OC(F)F)c1. The Kier molecular flexibility index (Phi) is 3.34.